The van der Waals surface area contributed by atoms with Gasteiger partial charge in [0, 0.05) is 33.8 Å². The van der Waals surface area contributed by atoms with Crippen molar-refractivity contribution in [3.63, 3.8) is 0 Å². The second-order valence-electron chi connectivity index (χ2n) is 6.51. The van der Waals surface area contributed by atoms with Gasteiger partial charge in [-0.25, -0.2) is 0 Å². The summed E-state index contributed by atoms with van der Waals surface area (Å²) in [7, 11) is 3.53. The number of carbonyl (C=O) groups is 2. The van der Waals surface area contributed by atoms with E-state index in [9.17, 15) is 9.59 Å². The van der Waals surface area contributed by atoms with Crippen LogP contribution in [-0.4, -0.2) is 71.1 Å². The van der Waals surface area contributed by atoms with Crippen LogP contribution in [0.1, 0.15) is 34.6 Å². The quantitative estimate of drug-likeness (QED) is 0.802. The number of hydrogen-bond acceptors (Lipinski definition) is 6. The molecule has 0 radical (unpaired) electrons. The van der Waals surface area contributed by atoms with Crippen LogP contribution in [0.5, 0.6) is 0 Å². The van der Waals surface area contributed by atoms with Gasteiger partial charge in [0.1, 0.15) is 4.88 Å². The maximum absolute atomic E-state index is 12.7. The van der Waals surface area contributed by atoms with E-state index in [2.05, 4.69) is 9.59 Å². The molecule has 2 aliphatic heterocycles. The molecule has 3 rings (SSSR count). The molecule has 1 atom stereocenters. The normalized spacial score (nSPS) is 24.3. The minimum absolute atomic E-state index is 0.0211. The Morgan fingerprint density at radius 1 is 1.39 bits per heavy atom. The number of aryl methyl sites for hydroxylation is 1. The molecule has 0 bridgehead atoms. The van der Waals surface area contributed by atoms with Crippen molar-refractivity contribution in [3.8, 4) is 0 Å². The smallest absolute Gasteiger partial charge is 0.267 e. The zero-order valence-corrected chi connectivity index (χ0v) is 14.6. The summed E-state index contributed by atoms with van der Waals surface area (Å²) in [5.41, 5.74) is 0.291. The Labute approximate surface area is 139 Å². The van der Waals surface area contributed by atoms with Gasteiger partial charge >= 0.3 is 0 Å². The number of amides is 2. The van der Waals surface area contributed by atoms with Gasteiger partial charge in [-0.1, -0.05) is 4.49 Å². The Morgan fingerprint density at radius 2 is 2.09 bits per heavy atom. The van der Waals surface area contributed by atoms with E-state index in [1.54, 1.807) is 18.9 Å². The van der Waals surface area contributed by atoms with Gasteiger partial charge in [0.25, 0.3) is 5.91 Å². The highest BCUT2D eigenvalue weighted by molar-refractivity contribution is 7.07. The summed E-state index contributed by atoms with van der Waals surface area (Å²) >= 11 is 1.14. The maximum Gasteiger partial charge on any atom is 0.267 e. The Morgan fingerprint density at radius 3 is 2.65 bits per heavy atom. The van der Waals surface area contributed by atoms with Crippen LogP contribution in [0.15, 0.2) is 0 Å². The van der Waals surface area contributed by atoms with Gasteiger partial charge in [-0.05, 0) is 37.7 Å². The average Bonchev–Trinajstić information content (AvgIpc) is 2.98. The largest absolute Gasteiger partial charge is 0.380 e. The Bertz CT molecular complexity index is 610. The molecular weight excluding hydrogens is 316 g/mol. The number of nitrogens with zero attached hydrogens (tertiary/aromatic N) is 4. The fourth-order valence-electron chi connectivity index (χ4n) is 3.67. The van der Waals surface area contributed by atoms with E-state index in [0.29, 0.717) is 43.0 Å². The number of ether oxygens (including phenoxy) is 1. The molecule has 7 nitrogen and oxygen atoms in total. The lowest BCUT2D eigenvalue weighted by molar-refractivity contribution is -0.155. The molecule has 2 saturated heterocycles. The zero-order valence-electron chi connectivity index (χ0n) is 13.7. The fourth-order valence-corrected chi connectivity index (χ4v) is 4.29. The molecule has 2 aliphatic rings. The van der Waals surface area contributed by atoms with Gasteiger partial charge < -0.3 is 14.5 Å². The lowest BCUT2D eigenvalue weighted by Crippen LogP contribution is -2.57. The molecule has 0 aliphatic carbocycles. The summed E-state index contributed by atoms with van der Waals surface area (Å²) < 4.78 is 9.33. The molecule has 8 heteroatoms. The third kappa shape index (κ3) is 2.85. The number of carbonyl (C=O) groups excluding carboxylic acids is 2. The number of rotatable bonds is 2. The zero-order chi connectivity index (χ0) is 16.6. The highest BCUT2D eigenvalue weighted by atomic mass is 32.1. The second kappa shape index (κ2) is 6.16. The van der Waals surface area contributed by atoms with E-state index in [4.69, 9.17) is 4.74 Å². The monoisotopic (exact) mass is 338 g/mol. The lowest BCUT2D eigenvalue weighted by atomic mass is 9.71. The van der Waals surface area contributed by atoms with Crippen molar-refractivity contribution in [1.29, 1.82) is 0 Å². The standard InChI is InChI=1S/C15H22N4O3S/c1-10-12(23-17-16-10)13(20)19-6-4-15(5-7-19)8-11(22-3)9-18(2)14(15)21/h11H,4-9H2,1-3H3. The summed E-state index contributed by atoms with van der Waals surface area (Å²) in [5.74, 6) is 0.167. The van der Waals surface area contributed by atoms with E-state index < -0.39 is 0 Å². The van der Waals surface area contributed by atoms with Crippen LogP contribution in [-0.2, 0) is 9.53 Å². The van der Waals surface area contributed by atoms with Gasteiger partial charge in [-0.15, -0.1) is 5.10 Å². The van der Waals surface area contributed by atoms with Gasteiger partial charge in [0.2, 0.25) is 5.91 Å². The van der Waals surface area contributed by atoms with E-state index in [1.165, 1.54) is 0 Å². The summed E-state index contributed by atoms with van der Waals surface area (Å²) in [5, 5.41) is 3.90. The average molecular weight is 338 g/mol. The number of piperidine rings is 2. The predicted octanol–water partition coefficient (Wildman–Crippen LogP) is 0.946. The summed E-state index contributed by atoms with van der Waals surface area (Å²) in [6.07, 6.45) is 2.20. The van der Waals surface area contributed by atoms with Crippen molar-refractivity contribution in [1.82, 2.24) is 19.4 Å². The first-order valence-electron chi connectivity index (χ1n) is 7.83. The van der Waals surface area contributed by atoms with Crippen LogP contribution in [0.3, 0.4) is 0 Å². The number of hydrogen-bond donors (Lipinski definition) is 0. The molecule has 1 aromatic rings. The summed E-state index contributed by atoms with van der Waals surface area (Å²) in [4.78, 5) is 29.4. The summed E-state index contributed by atoms with van der Waals surface area (Å²) in [6, 6.07) is 0. The lowest BCUT2D eigenvalue weighted by Gasteiger charge is -2.47. The van der Waals surface area contributed by atoms with Crippen molar-refractivity contribution in [2.45, 2.75) is 32.3 Å². The minimum Gasteiger partial charge on any atom is -0.380 e. The van der Waals surface area contributed by atoms with Crippen LogP contribution >= 0.6 is 11.5 Å². The first-order chi connectivity index (χ1) is 11.0. The highest BCUT2D eigenvalue weighted by Crippen LogP contribution is 2.41. The molecule has 0 saturated carbocycles. The van der Waals surface area contributed by atoms with Gasteiger partial charge in [0.15, 0.2) is 0 Å². The predicted molar refractivity (Wildman–Crippen MR) is 85.3 cm³/mol. The van der Waals surface area contributed by atoms with E-state index >= 15 is 0 Å². The van der Waals surface area contributed by atoms with Crippen LogP contribution in [0.4, 0.5) is 0 Å². The molecule has 3 heterocycles. The van der Waals surface area contributed by atoms with Crippen molar-refractivity contribution in [2.75, 3.05) is 33.8 Å². The molecular formula is C15H22N4O3S. The molecule has 2 amide bonds. The van der Waals surface area contributed by atoms with Crippen molar-refractivity contribution < 1.29 is 14.3 Å². The number of methoxy groups -OCH3 is 1. The Balaban J connectivity index is 1.71. The molecule has 23 heavy (non-hydrogen) atoms. The Hall–Kier alpha value is -1.54. The SMILES string of the molecule is COC1CN(C)C(=O)C2(CCN(C(=O)c3snnc3C)CC2)C1. The van der Waals surface area contributed by atoms with Crippen LogP contribution in [0.25, 0.3) is 0 Å². The number of aromatic nitrogens is 2. The third-order valence-corrected chi connectivity index (χ3v) is 5.90. The molecule has 0 aromatic carbocycles. The maximum atomic E-state index is 12.7. The first kappa shape index (κ1) is 16.3. The molecule has 2 fully saturated rings. The first-order valence-corrected chi connectivity index (χ1v) is 8.61. The van der Waals surface area contributed by atoms with Crippen molar-refractivity contribution >= 4 is 23.3 Å². The van der Waals surface area contributed by atoms with Crippen molar-refractivity contribution in [2.24, 2.45) is 5.41 Å². The van der Waals surface area contributed by atoms with Gasteiger partial charge in [-0.2, -0.15) is 0 Å². The van der Waals surface area contributed by atoms with Crippen LogP contribution in [0, 0.1) is 12.3 Å². The minimum atomic E-state index is -0.383. The van der Waals surface area contributed by atoms with Gasteiger partial charge in [0.05, 0.1) is 17.2 Å². The van der Waals surface area contributed by atoms with E-state index in [1.807, 2.05) is 11.9 Å². The molecule has 0 N–H and O–H groups in total. The molecule has 1 spiro atoms. The molecule has 1 unspecified atom stereocenters. The highest BCUT2D eigenvalue weighted by Gasteiger charge is 2.48. The topological polar surface area (TPSA) is 75.6 Å². The third-order valence-electron chi connectivity index (χ3n) is 5.08. The number of likely N-dealkylation sites (tertiary alicyclic amines) is 2. The van der Waals surface area contributed by atoms with E-state index in [-0.39, 0.29) is 23.3 Å². The van der Waals surface area contributed by atoms with Crippen LogP contribution < -0.4 is 0 Å². The molecule has 126 valence electrons. The number of likely N-dealkylation sites (N-methyl/N-ethyl adjacent to an activating group) is 1. The summed E-state index contributed by atoms with van der Waals surface area (Å²) in [6.45, 7) is 3.62. The second-order valence-corrected chi connectivity index (χ2v) is 7.26. The van der Waals surface area contributed by atoms with Gasteiger partial charge in [-0.3, -0.25) is 9.59 Å². The van der Waals surface area contributed by atoms with Crippen molar-refractivity contribution in [3.05, 3.63) is 10.6 Å². The van der Waals surface area contributed by atoms with Crippen LogP contribution in [0.2, 0.25) is 0 Å². The fraction of sp³-hybridized carbons (Fsp3) is 0.733. The molecule has 1 aromatic heterocycles. The Kier molecular flexibility index (Phi) is 4.37. The van der Waals surface area contributed by atoms with E-state index in [0.717, 1.165) is 18.0 Å².